The van der Waals surface area contributed by atoms with Gasteiger partial charge in [-0.2, -0.15) is 0 Å². The van der Waals surface area contributed by atoms with Gasteiger partial charge in [0.05, 0.1) is 5.56 Å². The summed E-state index contributed by atoms with van der Waals surface area (Å²) in [5.41, 5.74) is 1.44. The Kier molecular flexibility index (Phi) is 5.81. The average Bonchev–Trinajstić information content (AvgIpc) is 3.09. The van der Waals surface area contributed by atoms with Crippen molar-refractivity contribution in [2.75, 3.05) is 0 Å². The molecule has 0 saturated heterocycles. The summed E-state index contributed by atoms with van der Waals surface area (Å²) in [4.78, 5) is 16.5. The van der Waals surface area contributed by atoms with Crippen molar-refractivity contribution in [2.24, 2.45) is 0 Å². The van der Waals surface area contributed by atoms with Crippen molar-refractivity contribution in [3.8, 4) is 16.3 Å². The molecule has 0 atom stereocenters. The van der Waals surface area contributed by atoms with Gasteiger partial charge in [-0.05, 0) is 43.7 Å². The van der Waals surface area contributed by atoms with Crippen molar-refractivity contribution >= 4 is 17.2 Å². The lowest BCUT2D eigenvalue weighted by atomic mass is 10.2. The average molecular weight is 388 g/mol. The zero-order valence-corrected chi connectivity index (χ0v) is 15.6. The first-order valence-electron chi connectivity index (χ1n) is 8.36. The van der Waals surface area contributed by atoms with Crippen LogP contribution in [0, 0.1) is 11.6 Å². The van der Waals surface area contributed by atoms with Crippen LogP contribution < -0.4 is 10.1 Å². The van der Waals surface area contributed by atoms with Gasteiger partial charge in [0.2, 0.25) is 0 Å². The number of benzene rings is 2. The molecule has 27 heavy (non-hydrogen) atoms. The molecule has 1 amide bonds. The summed E-state index contributed by atoms with van der Waals surface area (Å²) in [5, 5.41) is 5.11. The third-order valence-corrected chi connectivity index (χ3v) is 4.47. The Balaban J connectivity index is 1.80. The number of hydrogen-bond donors (Lipinski definition) is 1. The Hall–Kier alpha value is -2.80. The van der Waals surface area contributed by atoms with E-state index < -0.39 is 11.6 Å². The number of para-hydroxylation sites is 1. The molecule has 1 heterocycles. The van der Waals surface area contributed by atoms with Gasteiger partial charge in [0.1, 0.15) is 34.7 Å². The molecule has 0 saturated carbocycles. The van der Waals surface area contributed by atoms with Crippen LogP contribution in [0.25, 0.3) is 10.6 Å². The summed E-state index contributed by atoms with van der Waals surface area (Å²) in [6, 6.07) is 10.5. The van der Waals surface area contributed by atoms with Crippen LogP contribution in [-0.2, 0) is 6.61 Å². The molecule has 0 aliphatic rings. The van der Waals surface area contributed by atoms with E-state index in [9.17, 15) is 13.6 Å². The molecule has 0 bridgehead atoms. The second-order valence-electron chi connectivity index (χ2n) is 6.23. The molecule has 0 fully saturated rings. The zero-order chi connectivity index (χ0) is 19.4. The lowest BCUT2D eigenvalue weighted by molar-refractivity contribution is 0.0939. The molecule has 0 aliphatic heterocycles. The highest BCUT2D eigenvalue weighted by molar-refractivity contribution is 7.13. The Morgan fingerprint density at radius 2 is 1.89 bits per heavy atom. The fourth-order valence-electron chi connectivity index (χ4n) is 2.46. The van der Waals surface area contributed by atoms with Crippen molar-refractivity contribution in [3.63, 3.8) is 0 Å². The molecule has 140 valence electrons. The van der Waals surface area contributed by atoms with Crippen molar-refractivity contribution in [3.05, 3.63) is 70.7 Å². The van der Waals surface area contributed by atoms with Gasteiger partial charge in [-0.25, -0.2) is 13.8 Å². The van der Waals surface area contributed by atoms with Gasteiger partial charge in [0, 0.05) is 17.5 Å². The summed E-state index contributed by atoms with van der Waals surface area (Å²) in [7, 11) is 0. The number of nitrogens with zero attached hydrogens (tertiary/aromatic N) is 1. The first-order valence-corrected chi connectivity index (χ1v) is 9.24. The number of halogens is 2. The number of rotatable bonds is 6. The van der Waals surface area contributed by atoms with Crippen molar-refractivity contribution < 1.29 is 18.3 Å². The molecule has 0 radical (unpaired) electrons. The second kappa shape index (κ2) is 8.26. The number of ether oxygens (including phenoxy) is 1. The lowest BCUT2D eigenvalue weighted by Gasteiger charge is -2.10. The minimum absolute atomic E-state index is 0.0117. The maximum Gasteiger partial charge on any atom is 0.270 e. The van der Waals surface area contributed by atoms with E-state index in [-0.39, 0.29) is 18.6 Å². The molecular formula is C20H18F2N2O2S. The smallest absolute Gasteiger partial charge is 0.270 e. The van der Waals surface area contributed by atoms with Crippen molar-refractivity contribution in [2.45, 2.75) is 26.5 Å². The highest BCUT2D eigenvalue weighted by atomic mass is 32.1. The fraction of sp³-hybridized carbons (Fsp3) is 0.200. The molecule has 3 rings (SSSR count). The van der Waals surface area contributed by atoms with Crippen LogP contribution in [0.1, 0.15) is 29.9 Å². The highest BCUT2D eigenvalue weighted by Gasteiger charge is 2.15. The maximum absolute atomic E-state index is 13.3. The lowest BCUT2D eigenvalue weighted by Crippen LogP contribution is -2.30. The molecule has 0 spiro atoms. The Bertz CT molecular complexity index is 936. The SMILES string of the molecule is CC(C)NC(=O)c1csc(-c2ccccc2OCc2cc(F)cc(F)c2)n1. The van der Waals surface area contributed by atoms with Gasteiger partial charge >= 0.3 is 0 Å². The number of aromatic nitrogens is 1. The molecule has 0 unspecified atom stereocenters. The van der Waals surface area contributed by atoms with E-state index >= 15 is 0 Å². The topological polar surface area (TPSA) is 51.2 Å². The maximum atomic E-state index is 13.3. The summed E-state index contributed by atoms with van der Waals surface area (Å²) in [5.74, 6) is -1.02. The largest absolute Gasteiger partial charge is 0.488 e. The predicted molar refractivity (Wildman–Crippen MR) is 101 cm³/mol. The van der Waals surface area contributed by atoms with Crippen molar-refractivity contribution in [1.29, 1.82) is 0 Å². The first-order chi connectivity index (χ1) is 12.9. The first kappa shape index (κ1) is 19.0. The molecular weight excluding hydrogens is 370 g/mol. The Morgan fingerprint density at radius 1 is 1.19 bits per heavy atom. The van der Waals surface area contributed by atoms with E-state index in [1.165, 1.54) is 23.5 Å². The van der Waals surface area contributed by atoms with Crippen molar-refractivity contribution in [1.82, 2.24) is 10.3 Å². The predicted octanol–water partition coefficient (Wildman–Crippen LogP) is 4.81. The molecule has 1 N–H and O–H groups in total. The van der Waals surface area contributed by atoms with Crippen LogP contribution in [0.5, 0.6) is 5.75 Å². The van der Waals surface area contributed by atoms with Gasteiger partial charge < -0.3 is 10.1 Å². The molecule has 0 aliphatic carbocycles. The number of hydrogen-bond acceptors (Lipinski definition) is 4. The summed E-state index contributed by atoms with van der Waals surface area (Å²) in [6.45, 7) is 3.77. The van der Waals surface area contributed by atoms with E-state index in [0.29, 0.717) is 27.6 Å². The van der Waals surface area contributed by atoms with E-state index in [1.807, 2.05) is 26.0 Å². The monoisotopic (exact) mass is 388 g/mol. The Morgan fingerprint density at radius 3 is 2.59 bits per heavy atom. The number of nitrogens with one attached hydrogen (secondary N) is 1. The molecule has 3 aromatic rings. The van der Waals surface area contributed by atoms with Gasteiger partial charge in [-0.1, -0.05) is 12.1 Å². The normalized spacial score (nSPS) is 10.9. The van der Waals surface area contributed by atoms with Gasteiger partial charge in [-0.15, -0.1) is 11.3 Å². The summed E-state index contributed by atoms with van der Waals surface area (Å²) < 4.78 is 32.4. The zero-order valence-electron chi connectivity index (χ0n) is 14.8. The third kappa shape index (κ3) is 4.89. The molecule has 1 aromatic heterocycles. The Labute approximate surface area is 159 Å². The van der Waals surface area contributed by atoms with Crippen LogP contribution in [0.4, 0.5) is 8.78 Å². The fourth-order valence-corrected chi connectivity index (χ4v) is 3.29. The summed E-state index contributed by atoms with van der Waals surface area (Å²) in [6.07, 6.45) is 0. The molecule has 2 aromatic carbocycles. The standard InChI is InChI=1S/C20H18F2N2O2S/c1-12(2)23-19(25)17-11-27-20(24-17)16-5-3-4-6-18(16)26-10-13-7-14(21)9-15(22)8-13/h3-9,11-12H,10H2,1-2H3,(H,23,25). The van der Waals surface area contributed by atoms with E-state index in [2.05, 4.69) is 10.3 Å². The van der Waals surface area contributed by atoms with Crippen LogP contribution in [0.2, 0.25) is 0 Å². The summed E-state index contributed by atoms with van der Waals surface area (Å²) >= 11 is 1.33. The number of carbonyl (C=O) groups excluding carboxylic acids is 1. The van der Waals surface area contributed by atoms with E-state index in [4.69, 9.17) is 4.74 Å². The van der Waals surface area contributed by atoms with Crippen LogP contribution in [0.3, 0.4) is 0 Å². The van der Waals surface area contributed by atoms with Gasteiger partial charge in [0.25, 0.3) is 5.91 Å². The minimum atomic E-state index is -0.650. The highest BCUT2D eigenvalue weighted by Crippen LogP contribution is 2.32. The van der Waals surface area contributed by atoms with Crippen LogP contribution in [0.15, 0.2) is 47.8 Å². The molecule has 7 heteroatoms. The van der Waals surface area contributed by atoms with Crippen LogP contribution >= 0.6 is 11.3 Å². The molecule has 4 nitrogen and oxygen atoms in total. The van der Waals surface area contributed by atoms with E-state index in [0.717, 1.165) is 6.07 Å². The quantitative estimate of drug-likeness (QED) is 0.660. The third-order valence-electron chi connectivity index (χ3n) is 3.59. The van der Waals surface area contributed by atoms with Gasteiger partial charge in [-0.3, -0.25) is 4.79 Å². The second-order valence-corrected chi connectivity index (χ2v) is 7.09. The van der Waals surface area contributed by atoms with E-state index in [1.54, 1.807) is 17.5 Å². The number of thiazole rings is 1. The minimum Gasteiger partial charge on any atom is -0.488 e. The van der Waals surface area contributed by atoms with Crippen LogP contribution in [-0.4, -0.2) is 16.9 Å². The van der Waals surface area contributed by atoms with Gasteiger partial charge in [0.15, 0.2) is 0 Å². The number of carbonyl (C=O) groups is 1. The number of amides is 1.